The predicted molar refractivity (Wildman–Crippen MR) is 85.0 cm³/mol. The fraction of sp³-hybridized carbons (Fsp3) is 0.167. The molecule has 0 atom stereocenters. The molecule has 0 aromatic heterocycles. The molecule has 0 saturated heterocycles. The van der Waals surface area contributed by atoms with Crippen LogP contribution in [0.1, 0.15) is 11.1 Å². The first-order valence-corrected chi connectivity index (χ1v) is 7.03. The van der Waals surface area contributed by atoms with Gasteiger partial charge >= 0.3 is 0 Å². The highest BCUT2D eigenvalue weighted by atomic mass is 16.5. The monoisotopic (exact) mass is 278 g/mol. The third-order valence-electron chi connectivity index (χ3n) is 3.67. The van der Waals surface area contributed by atoms with E-state index in [1.807, 2.05) is 17.0 Å². The molecular weight excluding hydrogens is 260 g/mol. The second-order valence-electron chi connectivity index (χ2n) is 5.08. The average molecular weight is 278 g/mol. The summed E-state index contributed by atoms with van der Waals surface area (Å²) in [6.07, 6.45) is 1.66. The highest BCUT2D eigenvalue weighted by molar-refractivity contribution is 5.76. The summed E-state index contributed by atoms with van der Waals surface area (Å²) in [5.41, 5.74) is 4.92. The maximum Gasteiger partial charge on any atom is 0.285 e. The quantitative estimate of drug-likeness (QED) is 0.515. The van der Waals surface area contributed by atoms with Crippen molar-refractivity contribution in [1.29, 1.82) is 5.41 Å². The van der Waals surface area contributed by atoms with Gasteiger partial charge in [0, 0.05) is 13.1 Å². The number of nitrogens with one attached hydrogen (secondary N) is 1. The summed E-state index contributed by atoms with van der Waals surface area (Å²) < 4.78 is 5.41. The van der Waals surface area contributed by atoms with Crippen molar-refractivity contribution in [3.8, 4) is 11.1 Å². The fourth-order valence-corrected chi connectivity index (χ4v) is 2.68. The standard InChI is InChI=1S/C18H18N2O/c1-2-11-21-18(19)20-12-14-7-3-5-9-16(14)17-10-6-4-8-15(17)13-20/h2-10,19H,1,11-13H2. The van der Waals surface area contributed by atoms with Crippen molar-refractivity contribution in [3.63, 3.8) is 0 Å². The Labute approximate surface area is 125 Å². The molecule has 0 fully saturated rings. The molecule has 3 rings (SSSR count). The number of amidine groups is 1. The van der Waals surface area contributed by atoms with Gasteiger partial charge in [0.25, 0.3) is 6.02 Å². The summed E-state index contributed by atoms with van der Waals surface area (Å²) in [4.78, 5) is 1.95. The minimum atomic E-state index is 0.196. The van der Waals surface area contributed by atoms with Gasteiger partial charge in [0.2, 0.25) is 0 Å². The predicted octanol–water partition coefficient (Wildman–Crippen LogP) is 3.81. The van der Waals surface area contributed by atoms with Crippen molar-refractivity contribution >= 4 is 6.02 Å². The van der Waals surface area contributed by atoms with E-state index >= 15 is 0 Å². The highest BCUT2D eigenvalue weighted by Gasteiger charge is 2.21. The SMILES string of the molecule is C=CCOC(=N)N1Cc2ccccc2-c2ccccc2C1. The van der Waals surface area contributed by atoms with Crippen molar-refractivity contribution in [2.75, 3.05) is 6.61 Å². The summed E-state index contributed by atoms with van der Waals surface area (Å²) in [5, 5.41) is 8.12. The molecule has 1 aliphatic heterocycles. The van der Waals surface area contributed by atoms with Crippen LogP contribution in [0.2, 0.25) is 0 Å². The summed E-state index contributed by atoms with van der Waals surface area (Å²) in [7, 11) is 0. The van der Waals surface area contributed by atoms with Crippen LogP contribution in [0.5, 0.6) is 0 Å². The van der Waals surface area contributed by atoms with Crippen LogP contribution in [0.25, 0.3) is 11.1 Å². The van der Waals surface area contributed by atoms with Gasteiger partial charge in [0.15, 0.2) is 0 Å². The first kappa shape index (κ1) is 13.4. The van der Waals surface area contributed by atoms with Crippen LogP contribution in [-0.4, -0.2) is 17.5 Å². The molecule has 0 aliphatic carbocycles. The molecule has 106 valence electrons. The normalized spacial score (nSPS) is 12.9. The molecule has 2 aromatic carbocycles. The Morgan fingerprint density at radius 3 is 2.10 bits per heavy atom. The number of ether oxygens (including phenoxy) is 1. The smallest absolute Gasteiger partial charge is 0.285 e. The average Bonchev–Trinajstić information content (AvgIpc) is 2.69. The number of hydrogen-bond donors (Lipinski definition) is 1. The van der Waals surface area contributed by atoms with Gasteiger partial charge in [-0.15, -0.1) is 0 Å². The third kappa shape index (κ3) is 2.68. The maximum absolute atomic E-state index is 8.12. The number of benzene rings is 2. The van der Waals surface area contributed by atoms with E-state index in [0.29, 0.717) is 19.7 Å². The lowest BCUT2D eigenvalue weighted by molar-refractivity contribution is 0.243. The Bertz CT molecular complexity index is 631. The van der Waals surface area contributed by atoms with E-state index in [2.05, 4.69) is 43.0 Å². The molecule has 1 aliphatic rings. The third-order valence-corrected chi connectivity index (χ3v) is 3.67. The minimum Gasteiger partial charge on any atom is -0.461 e. The molecule has 0 saturated carbocycles. The molecule has 0 radical (unpaired) electrons. The molecule has 3 nitrogen and oxygen atoms in total. The van der Waals surface area contributed by atoms with Crippen molar-refractivity contribution in [2.24, 2.45) is 0 Å². The zero-order valence-corrected chi connectivity index (χ0v) is 11.9. The topological polar surface area (TPSA) is 36.3 Å². The zero-order chi connectivity index (χ0) is 14.7. The summed E-state index contributed by atoms with van der Waals surface area (Å²) in [6.45, 7) is 5.35. The van der Waals surface area contributed by atoms with Gasteiger partial charge in [0.05, 0.1) is 0 Å². The van der Waals surface area contributed by atoms with Gasteiger partial charge in [0.1, 0.15) is 6.61 Å². The van der Waals surface area contributed by atoms with Gasteiger partial charge in [-0.2, -0.15) is 0 Å². The Kier molecular flexibility index (Phi) is 3.73. The summed E-state index contributed by atoms with van der Waals surface area (Å²) in [6, 6.07) is 16.9. The van der Waals surface area contributed by atoms with E-state index in [1.165, 1.54) is 22.3 Å². The second-order valence-corrected chi connectivity index (χ2v) is 5.08. The van der Waals surface area contributed by atoms with Crippen LogP contribution in [0, 0.1) is 5.41 Å². The van der Waals surface area contributed by atoms with E-state index in [-0.39, 0.29) is 6.02 Å². The lowest BCUT2D eigenvalue weighted by atomic mass is 9.97. The molecule has 2 aromatic rings. The van der Waals surface area contributed by atoms with Crippen molar-refractivity contribution < 1.29 is 4.74 Å². The first-order valence-electron chi connectivity index (χ1n) is 7.03. The van der Waals surface area contributed by atoms with Gasteiger partial charge in [-0.25, -0.2) is 0 Å². The van der Waals surface area contributed by atoms with Gasteiger partial charge in [-0.3, -0.25) is 5.41 Å². The molecule has 0 spiro atoms. The largest absolute Gasteiger partial charge is 0.461 e. The summed E-state index contributed by atoms with van der Waals surface area (Å²) >= 11 is 0. The maximum atomic E-state index is 8.12. The molecule has 0 bridgehead atoms. The second kappa shape index (κ2) is 5.83. The lowest BCUT2D eigenvalue weighted by Crippen LogP contribution is -2.30. The van der Waals surface area contributed by atoms with E-state index < -0.39 is 0 Å². The Morgan fingerprint density at radius 2 is 1.57 bits per heavy atom. The molecule has 3 heteroatoms. The van der Waals surface area contributed by atoms with E-state index in [1.54, 1.807) is 6.08 Å². The Morgan fingerprint density at radius 1 is 1.05 bits per heavy atom. The molecule has 21 heavy (non-hydrogen) atoms. The van der Waals surface area contributed by atoms with E-state index in [4.69, 9.17) is 10.1 Å². The lowest BCUT2D eigenvalue weighted by Gasteiger charge is -2.23. The first-order chi connectivity index (χ1) is 10.3. The van der Waals surface area contributed by atoms with Crippen molar-refractivity contribution in [2.45, 2.75) is 13.1 Å². The van der Waals surface area contributed by atoms with Crippen molar-refractivity contribution in [3.05, 3.63) is 72.3 Å². The van der Waals surface area contributed by atoms with Crippen LogP contribution >= 0.6 is 0 Å². The molecule has 0 amide bonds. The van der Waals surface area contributed by atoms with E-state index in [9.17, 15) is 0 Å². The van der Waals surface area contributed by atoms with Crippen LogP contribution in [0.15, 0.2) is 61.2 Å². The number of fused-ring (bicyclic) bond motifs is 3. The fourth-order valence-electron chi connectivity index (χ4n) is 2.68. The minimum absolute atomic E-state index is 0.196. The van der Waals surface area contributed by atoms with Crippen LogP contribution in [0.4, 0.5) is 0 Å². The molecular formula is C18H18N2O. The van der Waals surface area contributed by atoms with Crippen LogP contribution in [-0.2, 0) is 17.8 Å². The van der Waals surface area contributed by atoms with E-state index in [0.717, 1.165) is 0 Å². The molecule has 0 unspecified atom stereocenters. The Hall–Kier alpha value is -2.55. The number of rotatable bonds is 2. The number of hydrogen-bond acceptors (Lipinski definition) is 2. The van der Waals surface area contributed by atoms with Crippen LogP contribution in [0.3, 0.4) is 0 Å². The van der Waals surface area contributed by atoms with Crippen molar-refractivity contribution in [1.82, 2.24) is 4.90 Å². The number of nitrogens with zero attached hydrogens (tertiary/aromatic N) is 1. The van der Waals surface area contributed by atoms with Gasteiger partial charge < -0.3 is 9.64 Å². The molecule has 1 heterocycles. The van der Waals surface area contributed by atoms with Gasteiger partial charge in [-0.1, -0.05) is 61.2 Å². The molecule has 1 N–H and O–H groups in total. The van der Waals surface area contributed by atoms with Gasteiger partial charge in [-0.05, 0) is 22.3 Å². The zero-order valence-electron chi connectivity index (χ0n) is 11.9. The highest BCUT2D eigenvalue weighted by Crippen LogP contribution is 2.32. The van der Waals surface area contributed by atoms with Crippen LogP contribution < -0.4 is 0 Å². The summed E-state index contributed by atoms with van der Waals surface area (Å²) in [5.74, 6) is 0. The Balaban J connectivity index is 2.00.